The van der Waals surface area contributed by atoms with Crippen LogP contribution in [0.2, 0.25) is 0 Å². The highest BCUT2D eigenvalue weighted by Gasteiger charge is 2.00. The number of nitrogens with zero attached hydrogens (tertiary/aromatic N) is 1. The Kier molecular flexibility index (Phi) is 7.73. The summed E-state index contributed by atoms with van der Waals surface area (Å²) in [5.41, 5.74) is 6.71. The molecule has 22 heavy (non-hydrogen) atoms. The van der Waals surface area contributed by atoms with Crippen molar-refractivity contribution in [3.63, 3.8) is 0 Å². The van der Waals surface area contributed by atoms with Crippen molar-refractivity contribution >= 4 is 40.7 Å². The van der Waals surface area contributed by atoms with Gasteiger partial charge in [-0.1, -0.05) is 48.6 Å². The molecule has 118 valence electrons. The van der Waals surface area contributed by atoms with Crippen LogP contribution in [-0.4, -0.2) is 25.7 Å². The monoisotopic (exact) mass is 411 g/mol. The van der Waals surface area contributed by atoms with Crippen molar-refractivity contribution in [3.05, 3.63) is 54.6 Å². The number of halogens is 1. The van der Waals surface area contributed by atoms with Crippen LogP contribution in [0, 0.1) is 0 Å². The minimum Gasteiger partial charge on any atom is -0.491 e. The number of benzene rings is 2. The van der Waals surface area contributed by atoms with Crippen LogP contribution in [0.4, 0.5) is 0 Å². The predicted molar refractivity (Wildman–Crippen MR) is 104 cm³/mol. The highest BCUT2D eigenvalue weighted by molar-refractivity contribution is 14.0. The molecule has 5 heteroatoms. The molecule has 0 saturated carbocycles. The minimum atomic E-state index is 0. The molecule has 0 aliphatic carbocycles. The van der Waals surface area contributed by atoms with Gasteiger partial charge in [-0.25, -0.2) is 4.99 Å². The zero-order valence-electron chi connectivity index (χ0n) is 12.7. The molecular weight excluding hydrogens is 389 g/mol. The fraction of sp³-hybridized carbons (Fsp3) is 0.235. The van der Waals surface area contributed by atoms with Crippen LogP contribution in [-0.2, 0) is 0 Å². The zero-order valence-corrected chi connectivity index (χ0v) is 15.0. The lowest BCUT2D eigenvalue weighted by atomic mass is 10.1. The van der Waals surface area contributed by atoms with Crippen LogP contribution < -0.4 is 15.8 Å². The van der Waals surface area contributed by atoms with E-state index in [0.29, 0.717) is 25.7 Å². The lowest BCUT2D eigenvalue weighted by Crippen LogP contribution is -2.34. The maximum Gasteiger partial charge on any atom is 0.189 e. The Morgan fingerprint density at radius 1 is 1.23 bits per heavy atom. The first-order valence-electron chi connectivity index (χ1n) is 6.95. The molecule has 0 atom stereocenters. The van der Waals surface area contributed by atoms with Crippen molar-refractivity contribution in [2.75, 3.05) is 19.7 Å². The molecule has 0 aliphatic heterocycles. The third-order valence-corrected chi connectivity index (χ3v) is 2.93. The second-order valence-corrected chi connectivity index (χ2v) is 4.91. The van der Waals surface area contributed by atoms with Crippen LogP contribution >= 0.6 is 24.0 Å². The largest absolute Gasteiger partial charge is 0.491 e. The summed E-state index contributed by atoms with van der Waals surface area (Å²) in [6.07, 6.45) is 0. The van der Waals surface area contributed by atoms with Gasteiger partial charge in [0.05, 0.1) is 13.1 Å². The fourth-order valence-electron chi connectivity index (χ4n) is 1.94. The second kappa shape index (κ2) is 9.30. The van der Waals surface area contributed by atoms with Crippen LogP contribution in [0.5, 0.6) is 5.75 Å². The Hall–Kier alpha value is -1.76. The maximum absolute atomic E-state index is 5.80. The first kappa shape index (κ1) is 18.3. The zero-order chi connectivity index (χ0) is 15.1. The molecule has 4 nitrogen and oxygen atoms in total. The van der Waals surface area contributed by atoms with Crippen LogP contribution in [0.25, 0.3) is 10.8 Å². The van der Waals surface area contributed by atoms with Gasteiger partial charge in [0.1, 0.15) is 12.4 Å². The van der Waals surface area contributed by atoms with Gasteiger partial charge >= 0.3 is 0 Å². The smallest absolute Gasteiger partial charge is 0.189 e. The Morgan fingerprint density at radius 3 is 2.73 bits per heavy atom. The number of rotatable bonds is 6. The molecule has 0 aliphatic rings. The number of hydrogen-bond acceptors (Lipinski definition) is 2. The molecular formula is C17H22IN3O. The van der Waals surface area contributed by atoms with Gasteiger partial charge in [0.25, 0.3) is 0 Å². The average Bonchev–Trinajstić information content (AvgIpc) is 2.49. The van der Waals surface area contributed by atoms with Gasteiger partial charge in [-0.15, -0.1) is 24.0 Å². The summed E-state index contributed by atoms with van der Waals surface area (Å²) in [7, 11) is 0. The van der Waals surface area contributed by atoms with E-state index in [1.807, 2.05) is 31.2 Å². The average molecular weight is 411 g/mol. The van der Waals surface area contributed by atoms with E-state index in [-0.39, 0.29) is 24.0 Å². The molecule has 3 N–H and O–H groups in total. The van der Waals surface area contributed by atoms with E-state index < -0.39 is 0 Å². The van der Waals surface area contributed by atoms with E-state index in [0.717, 1.165) is 16.7 Å². The van der Waals surface area contributed by atoms with Crippen LogP contribution in [0.3, 0.4) is 0 Å². The van der Waals surface area contributed by atoms with Crippen molar-refractivity contribution in [1.29, 1.82) is 0 Å². The number of guanidine groups is 1. The first-order chi connectivity index (χ1) is 10.2. The molecule has 0 bridgehead atoms. The van der Waals surface area contributed by atoms with Gasteiger partial charge in [-0.3, -0.25) is 0 Å². The quantitative estimate of drug-likeness (QED) is 0.252. The Balaban J connectivity index is 0.00000242. The highest BCUT2D eigenvalue weighted by atomic mass is 127. The van der Waals surface area contributed by atoms with Gasteiger partial charge < -0.3 is 15.8 Å². The molecule has 2 rings (SSSR count). The molecule has 2 aromatic carbocycles. The molecule has 2 aromatic rings. The Morgan fingerprint density at radius 2 is 1.95 bits per heavy atom. The standard InChI is InChI=1S/C17H21N3O.HI/c1-13(2)12-20-17(18)19-10-11-21-16-9-5-7-14-6-3-4-8-15(14)16;/h3-9H,1,10-12H2,2H3,(H3,18,19,20);1H. The molecule has 0 amide bonds. The summed E-state index contributed by atoms with van der Waals surface area (Å²) in [4.78, 5) is 4.15. The normalized spacial score (nSPS) is 10.9. The molecule has 0 heterocycles. The minimum absolute atomic E-state index is 0. The Labute approximate surface area is 148 Å². The van der Waals surface area contributed by atoms with Gasteiger partial charge in [0.2, 0.25) is 0 Å². The van der Waals surface area contributed by atoms with E-state index >= 15 is 0 Å². The third kappa shape index (κ3) is 5.55. The molecule has 0 spiro atoms. The van der Waals surface area contributed by atoms with Crippen molar-refractivity contribution in [2.24, 2.45) is 10.7 Å². The summed E-state index contributed by atoms with van der Waals surface area (Å²) < 4.78 is 5.80. The van der Waals surface area contributed by atoms with E-state index in [9.17, 15) is 0 Å². The maximum atomic E-state index is 5.80. The van der Waals surface area contributed by atoms with Crippen LogP contribution in [0.15, 0.2) is 59.6 Å². The second-order valence-electron chi connectivity index (χ2n) is 4.91. The van der Waals surface area contributed by atoms with Crippen molar-refractivity contribution in [2.45, 2.75) is 6.92 Å². The third-order valence-electron chi connectivity index (χ3n) is 2.93. The first-order valence-corrected chi connectivity index (χ1v) is 6.95. The van der Waals surface area contributed by atoms with E-state index in [1.54, 1.807) is 0 Å². The Bertz CT molecular complexity index is 650. The molecule has 0 fully saturated rings. The number of nitrogens with two attached hydrogens (primary N) is 1. The van der Waals surface area contributed by atoms with Crippen molar-refractivity contribution in [3.8, 4) is 5.75 Å². The number of fused-ring (bicyclic) bond motifs is 1. The lowest BCUT2D eigenvalue weighted by Gasteiger charge is -2.10. The summed E-state index contributed by atoms with van der Waals surface area (Å²) >= 11 is 0. The van der Waals surface area contributed by atoms with Gasteiger partial charge in [-0.2, -0.15) is 0 Å². The van der Waals surface area contributed by atoms with E-state index in [4.69, 9.17) is 10.5 Å². The molecule has 0 unspecified atom stereocenters. The van der Waals surface area contributed by atoms with E-state index in [1.165, 1.54) is 5.39 Å². The molecule has 0 saturated heterocycles. The van der Waals surface area contributed by atoms with Crippen LogP contribution in [0.1, 0.15) is 6.92 Å². The van der Waals surface area contributed by atoms with Crippen molar-refractivity contribution in [1.82, 2.24) is 5.32 Å². The molecule has 0 aromatic heterocycles. The lowest BCUT2D eigenvalue weighted by molar-refractivity contribution is 0.326. The summed E-state index contributed by atoms with van der Waals surface area (Å²) in [5, 5.41) is 5.30. The molecule has 0 radical (unpaired) electrons. The summed E-state index contributed by atoms with van der Waals surface area (Å²) in [6.45, 7) is 7.37. The van der Waals surface area contributed by atoms with Gasteiger partial charge in [0.15, 0.2) is 5.96 Å². The van der Waals surface area contributed by atoms with Crippen molar-refractivity contribution < 1.29 is 4.74 Å². The predicted octanol–water partition coefficient (Wildman–Crippen LogP) is 3.32. The number of aliphatic imine (C=N–C) groups is 1. The number of hydrogen-bond donors (Lipinski definition) is 2. The topological polar surface area (TPSA) is 59.6 Å². The van der Waals surface area contributed by atoms with E-state index in [2.05, 4.69) is 35.1 Å². The number of nitrogens with one attached hydrogen (secondary N) is 1. The van der Waals surface area contributed by atoms with Gasteiger partial charge in [0, 0.05) is 5.39 Å². The summed E-state index contributed by atoms with van der Waals surface area (Å²) in [6, 6.07) is 14.2. The SMILES string of the molecule is C=C(C)CN=C(N)NCCOc1cccc2ccccc12.I. The number of ether oxygens (including phenoxy) is 1. The highest BCUT2D eigenvalue weighted by Crippen LogP contribution is 2.24. The summed E-state index contributed by atoms with van der Waals surface area (Å²) in [5.74, 6) is 1.30. The van der Waals surface area contributed by atoms with Gasteiger partial charge in [-0.05, 0) is 18.4 Å². The fourth-order valence-corrected chi connectivity index (χ4v) is 1.94.